The van der Waals surface area contributed by atoms with Crippen molar-refractivity contribution in [1.82, 2.24) is 10.6 Å². The quantitative estimate of drug-likeness (QED) is 0.618. The highest BCUT2D eigenvalue weighted by atomic mass is 16.4. The van der Waals surface area contributed by atoms with E-state index in [1.165, 1.54) is 7.05 Å². The zero-order chi connectivity index (χ0) is 13.4. The van der Waals surface area contributed by atoms with Gasteiger partial charge in [0.25, 0.3) is 17.7 Å². The predicted molar refractivity (Wildman–Crippen MR) is 58.6 cm³/mol. The molecule has 7 nitrogen and oxygen atoms in total. The van der Waals surface area contributed by atoms with Crippen molar-refractivity contribution in [2.45, 2.75) is 0 Å². The number of benzene rings is 1. The number of nitrogens with one attached hydrogen (secondary N) is 2. The molecule has 92 valence electrons. The van der Waals surface area contributed by atoms with Crippen LogP contribution in [0.4, 0.5) is 0 Å². The van der Waals surface area contributed by atoms with Crippen LogP contribution in [0.5, 0.6) is 0 Å². The van der Waals surface area contributed by atoms with E-state index in [0.29, 0.717) is 0 Å². The molecule has 1 aromatic carbocycles. The lowest BCUT2D eigenvalue weighted by Gasteiger charge is -2.06. The summed E-state index contributed by atoms with van der Waals surface area (Å²) in [6.45, 7) is 0. The normalized spacial score (nSPS) is 12.9. The first kappa shape index (κ1) is 11.8. The van der Waals surface area contributed by atoms with Crippen molar-refractivity contribution in [3.8, 4) is 0 Å². The fraction of sp³-hybridized carbons (Fsp3) is 0.0909. The molecule has 0 unspecified atom stereocenters. The van der Waals surface area contributed by atoms with Gasteiger partial charge in [0.05, 0.1) is 22.3 Å². The van der Waals surface area contributed by atoms with Crippen molar-refractivity contribution < 1.29 is 24.3 Å². The maximum atomic E-state index is 11.5. The Morgan fingerprint density at radius 2 is 1.61 bits per heavy atom. The zero-order valence-electron chi connectivity index (χ0n) is 9.23. The summed E-state index contributed by atoms with van der Waals surface area (Å²) in [5.41, 5.74) is -0.514. The van der Waals surface area contributed by atoms with Gasteiger partial charge in [0.2, 0.25) is 0 Å². The summed E-state index contributed by atoms with van der Waals surface area (Å²) in [5, 5.41) is 13.3. The fourth-order valence-corrected chi connectivity index (χ4v) is 1.71. The molecule has 0 radical (unpaired) electrons. The molecular weight excluding hydrogens is 240 g/mol. The maximum Gasteiger partial charge on any atom is 0.336 e. The van der Waals surface area contributed by atoms with Crippen molar-refractivity contribution in [1.29, 1.82) is 0 Å². The van der Waals surface area contributed by atoms with Crippen molar-refractivity contribution in [3.05, 3.63) is 34.4 Å². The second-order valence-electron chi connectivity index (χ2n) is 3.61. The fourth-order valence-electron chi connectivity index (χ4n) is 1.71. The first-order chi connectivity index (χ1) is 8.45. The minimum Gasteiger partial charge on any atom is -0.478 e. The molecule has 0 bridgehead atoms. The van der Waals surface area contributed by atoms with E-state index in [-0.39, 0.29) is 22.3 Å². The Kier molecular flexibility index (Phi) is 2.59. The van der Waals surface area contributed by atoms with Crippen LogP contribution in [0.1, 0.15) is 41.4 Å². The van der Waals surface area contributed by atoms with E-state index in [4.69, 9.17) is 5.11 Å². The molecule has 0 spiro atoms. The lowest BCUT2D eigenvalue weighted by atomic mass is 9.99. The SMILES string of the molecule is CNC(=O)c1cc2c(cc1C(=O)O)C(=O)NC2=O. The van der Waals surface area contributed by atoms with E-state index < -0.39 is 23.7 Å². The van der Waals surface area contributed by atoms with Crippen LogP contribution < -0.4 is 10.6 Å². The van der Waals surface area contributed by atoms with Crippen LogP contribution in [0.3, 0.4) is 0 Å². The molecular formula is C11H8N2O5. The Morgan fingerprint density at radius 3 is 2.06 bits per heavy atom. The Labute approximate surface area is 101 Å². The highest BCUT2D eigenvalue weighted by molar-refractivity contribution is 6.23. The van der Waals surface area contributed by atoms with Gasteiger partial charge in [0, 0.05) is 7.05 Å². The molecule has 0 aliphatic carbocycles. The van der Waals surface area contributed by atoms with E-state index in [1.807, 2.05) is 5.32 Å². The number of imide groups is 1. The average Bonchev–Trinajstić information content (AvgIpc) is 2.62. The number of carbonyl (C=O) groups is 4. The van der Waals surface area contributed by atoms with Gasteiger partial charge in [-0.05, 0) is 12.1 Å². The van der Waals surface area contributed by atoms with Gasteiger partial charge >= 0.3 is 5.97 Å². The lowest BCUT2D eigenvalue weighted by Crippen LogP contribution is -2.22. The Hall–Kier alpha value is -2.70. The van der Waals surface area contributed by atoms with Gasteiger partial charge in [0.1, 0.15) is 0 Å². The summed E-state index contributed by atoms with van der Waals surface area (Å²) in [6.07, 6.45) is 0. The molecule has 0 atom stereocenters. The molecule has 2 rings (SSSR count). The molecule has 1 aliphatic rings. The van der Waals surface area contributed by atoms with Gasteiger partial charge < -0.3 is 10.4 Å². The van der Waals surface area contributed by atoms with Gasteiger partial charge in [-0.15, -0.1) is 0 Å². The molecule has 0 saturated carbocycles. The summed E-state index contributed by atoms with van der Waals surface area (Å²) in [5.74, 6) is -3.29. The number of hydrogen-bond acceptors (Lipinski definition) is 4. The average molecular weight is 248 g/mol. The molecule has 0 saturated heterocycles. The molecule has 3 N–H and O–H groups in total. The standard InChI is InChI=1S/C11H8N2O5/c1-12-8(14)6-2-4-5(3-7(6)11(17)18)10(16)13-9(4)15/h2-3H,1H3,(H,12,14)(H,17,18)(H,13,15,16). The minimum absolute atomic E-state index is 0.00333. The molecule has 0 fully saturated rings. The van der Waals surface area contributed by atoms with Crippen LogP contribution in [0.2, 0.25) is 0 Å². The van der Waals surface area contributed by atoms with E-state index in [0.717, 1.165) is 12.1 Å². The highest BCUT2D eigenvalue weighted by Crippen LogP contribution is 2.21. The number of fused-ring (bicyclic) bond motifs is 1. The van der Waals surface area contributed by atoms with Crippen LogP contribution in [-0.4, -0.2) is 35.8 Å². The van der Waals surface area contributed by atoms with E-state index in [9.17, 15) is 19.2 Å². The number of aromatic carboxylic acids is 1. The maximum absolute atomic E-state index is 11.5. The van der Waals surface area contributed by atoms with Crippen LogP contribution in [0.25, 0.3) is 0 Å². The first-order valence-corrected chi connectivity index (χ1v) is 4.94. The second kappa shape index (κ2) is 3.95. The van der Waals surface area contributed by atoms with E-state index in [2.05, 4.69) is 5.32 Å². The largest absolute Gasteiger partial charge is 0.478 e. The highest BCUT2D eigenvalue weighted by Gasteiger charge is 2.30. The zero-order valence-corrected chi connectivity index (χ0v) is 9.23. The minimum atomic E-state index is -1.34. The van der Waals surface area contributed by atoms with Gasteiger partial charge in [-0.3, -0.25) is 19.7 Å². The second-order valence-corrected chi connectivity index (χ2v) is 3.61. The number of rotatable bonds is 2. The predicted octanol–water partition coefficient (Wildman–Crippen LogP) is -0.372. The summed E-state index contributed by atoms with van der Waals surface area (Å²) < 4.78 is 0. The molecule has 1 heterocycles. The number of carboxylic acid groups (broad SMARTS) is 1. The topological polar surface area (TPSA) is 113 Å². The van der Waals surface area contributed by atoms with E-state index in [1.54, 1.807) is 0 Å². The Morgan fingerprint density at radius 1 is 1.11 bits per heavy atom. The lowest BCUT2D eigenvalue weighted by molar-refractivity contribution is 0.0690. The van der Waals surface area contributed by atoms with Gasteiger partial charge in [-0.25, -0.2) is 4.79 Å². The van der Waals surface area contributed by atoms with Crippen molar-refractivity contribution >= 4 is 23.7 Å². The third kappa shape index (κ3) is 1.61. The van der Waals surface area contributed by atoms with Crippen LogP contribution in [-0.2, 0) is 0 Å². The summed E-state index contributed by atoms with van der Waals surface area (Å²) >= 11 is 0. The summed E-state index contributed by atoms with van der Waals surface area (Å²) in [7, 11) is 1.34. The van der Waals surface area contributed by atoms with Gasteiger partial charge in [-0.1, -0.05) is 0 Å². The number of carbonyl (C=O) groups excluding carboxylic acids is 3. The van der Waals surface area contributed by atoms with Crippen LogP contribution in [0.15, 0.2) is 12.1 Å². The monoisotopic (exact) mass is 248 g/mol. The smallest absolute Gasteiger partial charge is 0.336 e. The van der Waals surface area contributed by atoms with Crippen molar-refractivity contribution in [2.24, 2.45) is 0 Å². The Bertz CT molecular complexity index is 606. The third-order valence-electron chi connectivity index (χ3n) is 2.58. The molecule has 0 aromatic heterocycles. The molecule has 1 aromatic rings. The molecule has 3 amide bonds. The van der Waals surface area contributed by atoms with Gasteiger partial charge in [0.15, 0.2) is 0 Å². The molecule has 7 heteroatoms. The number of amides is 3. The molecule has 1 aliphatic heterocycles. The number of hydrogen-bond donors (Lipinski definition) is 3. The van der Waals surface area contributed by atoms with Crippen LogP contribution >= 0.6 is 0 Å². The Balaban J connectivity index is 2.71. The van der Waals surface area contributed by atoms with Gasteiger partial charge in [-0.2, -0.15) is 0 Å². The summed E-state index contributed by atoms with van der Waals surface area (Å²) in [6, 6.07) is 2.14. The molecule has 18 heavy (non-hydrogen) atoms. The third-order valence-corrected chi connectivity index (χ3v) is 2.58. The number of carboxylic acids is 1. The van der Waals surface area contributed by atoms with E-state index >= 15 is 0 Å². The van der Waals surface area contributed by atoms with Crippen molar-refractivity contribution in [2.75, 3.05) is 7.05 Å². The van der Waals surface area contributed by atoms with Crippen LogP contribution in [0, 0.1) is 0 Å². The first-order valence-electron chi connectivity index (χ1n) is 4.94. The summed E-state index contributed by atoms with van der Waals surface area (Å²) in [4.78, 5) is 45.4. The van der Waals surface area contributed by atoms with Crippen molar-refractivity contribution in [3.63, 3.8) is 0 Å².